The number of piperidine rings is 1. The SMILES string of the molecule is Brc1ccc(OC2CCN(c3ccncc3)CC2)nc1. The molecule has 2 aromatic rings. The van der Waals surface area contributed by atoms with Crippen LogP contribution in [0, 0.1) is 0 Å². The minimum Gasteiger partial charge on any atom is -0.474 e. The van der Waals surface area contributed by atoms with E-state index in [4.69, 9.17) is 4.74 Å². The number of hydrogen-bond acceptors (Lipinski definition) is 4. The highest BCUT2D eigenvalue weighted by Crippen LogP contribution is 2.22. The number of aromatic nitrogens is 2. The fourth-order valence-electron chi connectivity index (χ4n) is 2.39. The number of rotatable bonds is 3. The summed E-state index contributed by atoms with van der Waals surface area (Å²) in [5, 5.41) is 0. The van der Waals surface area contributed by atoms with Crippen LogP contribution in [0.4, 0.5) is 5.69 Å². The van der Waals surface area contributed by atoms with Crippen molar-refractivity contribution in [3.05, 3.63) is 47.3 Å². The van der Waals surface area contributed by atoms with Gasteiger partial charge in [0, 0.05) is 60.7 Å². The Balaban J connectivity index is 1.55. The van der Waals surface area contributed by atoms with E-state index >= 15 is 0 Å². The summed E-state index contributed by atoms with van der Waals surface area (Å²) >= 11 is 3.37. The summed E-state index contributed by atoms with van der Waals surface area (Å²) in [5.74, 6) is 0.704. The minimum atomic E-state index is 0.252. The molecule has 0 radical (unpaired) electrons. The number of halogens is 1. The first-order valence-corrected chi connectivity index (χ1v) is 7.54. The molecule has 4 nitrogen and oxygen atoms in total. The zero-order valence-electron chi connectivity index (χ0n) is 11.1. The molecular weight excluding hydrogens is 318 g/mol. The molecule has 0 bridgehead atoms. The van der Waals surface area contributed by atoms with E-state index in [2.05, 4.69) is 42.9 Å². The molecule has 1 aliphatic heterocycles. The van der Waals surface area contributed by atoms with Crippen LogP contribution in [-0.4, -0.2) is 29.2 Å². The Kier molecular flexibility index (Phi) is 4.16. The van der Waals surface area contributed by atoms with E-state index in [0.29, 0.717) is 5.88 Å². The molecule has 104 valence electrons. The van der Waals surface area contributed by atoms with Crippen molar-refractivity contribution >= 4 is 21.6 Å². The van der Waals surface area contributed by atoms with E-state index in [-0.39, 0.29) is 6.10 Å². The number of ether oxygens (including phenoxy) is 1. The number of hydrogen-bond donors (Lipinski definition) is 0. The summed E-state index contributed by atoms with van der Waals surface area (Å²) in [6.45, 7) is 2.01. The van der Waals surface area contributed by atoms with Gasteiger partial charge in [-0.1, -0.05) is 0 Å². The molecule has 3 heterocycles. The normalized spacial score (nSPS) is 16.1. The van der Waals surface area contributed by atoms with Gasteiger partial charge in [-0.25, -0.2) is 4.98 Å². The minimum absolute atomic E-state index is 0.252. The zero-order chi connectivity index (χ0) is 13.8. The number of nitrogens with zero attached hydrogens (tertiary/aromatic N) is 3. The van der Waals surface area contributed by atoms with E-state index in [0.717, 1.165) is 30.4 Å². The summed E-state index contributed by atoms with van der Waals surface area (Å²) < 4.78 is 6.89. The van der Waals surface area contributed by atoms with Gasteiger partial charge in [0.15, 0.2) is 0 Å². The third-order valence-corrected chi connectivity index (χ3v) is 3.93. The molecule has 1 aliphatic rings. The van der Waals surface area contributed by atoms with Crippen LogP contribution in [0.25, 0.3) is 0 Å². The summed E-state index contributed by atoms with van der Waals surface area (Å²) in [4.78, 5) is 10.7. The Labute approximate surface area is 126 Å². The summed E-state index contributed by atoms with van der Waals surface area (Å²) in [7, 11) is 0. The van der Waals surface area contributed by atoms with Gasteiger partial charge in [0.2, 0.25) is 5.88 Å². The van der Waals surface area contributed by atoms with Crippen molar-refractivity contribution in [2.75, 3.05) is 18.0 Å². The molecule has 0 unspecified atom stereocenters. The largest absolute Gasteiger partial charge is 0.474 e. The zero-order valence-corrected chi connectivity index (χ0v) is 12.7. The lowest BCUT2D eigenvalue weighted by atomic mass is 10.1. The second-order valence-corrected chi connectivity index (χ2v) is 5.74. The van der Waals surface area contributed by atoms with Gasteiger partial charge < -0.3 is 9.64 Å². The average Bonchev–Trinajstić information content (AvgIpc) is 2.51. The standard InChI is InChI=1S/C15H16BrN3O/c16-12-1-2-15(18-11-12)20-14-5-9-19(10-6-14)13-3-7-17-8-4-13/h1-4,7-8,11,14H,5-6,9-10H2. The topological polar surface area (TPSA) is 38.2 Å². The second kappa shape index (κ2) is 6.22. The molecule has 0 amide bonds. The Morgan fingerprint density at radius 2 is 1.85 bits per heavy atom. The van der Waals surface area contributed by atoms with Gasteiger partial charge in [0.05, 0.1) is 0 Å². The Bertz CT molecular complexity index is 539. The van der Waals surface area contributed by atoms with Crippen LogP contribution in [0.5, 0.6) is 5.88 Å². The predicted molar refractivity (Wildman–Crippen MR) is 82.0 cm³/mol. The van der Waals surface area contributed by atoms with Gasteiger partial charge in [0.25, 0.3) is 0 Å². The number of pyridine rings is 2. The van der Waals surface area contributed by atoms with Crippen LogP contribution in [-0.2, 0) is 0 Å². The summed E-state index contributed by atoms with van der Waals surface area (Å²) in [6.07, 6.45) is 7.72. The highest BCUT2D eigenvalue weighted by Gasteiger charge is 2.21. The molecule has 0 aromatic carbocycles. The Morgan fingerprint density at radius 1 is 1.10 bits per heavy atom. The monoisotopic (exact) mass is 333 g/mol. The third kappa shape index (κ3) is 3.28. The van der Waals surface area contributed by atoms with Crippen molar-refractivity contribution in [3.8, 4) is 5.88 Å². The lowest BCUT2D eigenvalue weighted by Crippen LogP contribution is -2.38. The first-order valence-electron chi connectivity index (χ1n) is 6.74. The first kappa shape index (κ1) is 13.4. The lowest BCUT2D eigenvalue weighted by Gasteiger charge is -2.33. The van der Waals surface area contributed by atoms with Crippen LogP contribution in [0.2, 0.25) is 0 Å². The van der Waals surface area contributed by atoms with Gasteiger partial charge in [-0.3, -0.25) is 4.98 Å². The van der Waals surface area contributed by atoms with Crippen molar-refractivity contribution < 1.29 is 4.74 Å². The fourth-order valence-corrected chi connectivity index (χ4v) is 2.62. The van der Waals surface area contributed by atoms with E-state index in [1.165, 1.54) is 5.69 Å². The molecule has 0 atom stereocenters. The molecule has 1 fully saturated rings. The molecule has 5 heteroatoms. The van der Waals surface area contributed by atoms with Gasteiger partial charge in [-0.05, 0) is 34.1 Å². The van der Waals surface area contributed by atoms with Crippen molar-refractivity contribution in [1.29, 1.82) is 0 Å². The fraction of sp³-hybridized carbons (Fsp3) is 0.333. The molecular formula is C15H16BrN3O. The van der Waals surface area contributed by atoms with Crippen LogP contribution < -0.4 is 9.64 Å². The van der Waals surface area contributed by atoms with Gasteiger partial charge >= 0.3 is 0 Å². The molecule has 3 rings (SSSR count). The maximum absolute atomic E-state index is 5.92. The summed E-state index contributed by atoms with van der Waals surface area (Å²) in [5.41, 5.74) is 1.24. The summed E-state index contributed by atoms with van der Waals surface area (Å²) in [6, 6.07) is 7.96. The number of anilines is 1. The highest BCUT2D eigenvalue weighted by atomic mass is 79.9. The van der Waals surface area contributed by atoms with Crippen molar-refractivity contribution in [1.82, 2.24) is 9.97 Å². The molecule has 20 heavy (non-hydrogen) atoms. The predicted octanol–water partition coefficient (Wildman–Crippen LogP) is 3.29. The van der Waals surface area contributed by atoms with Crippen LogP contribution in [0.15, 0.2) is 47.3 Å². The molecule has 2 aromatic heterocycles. The smallest absolute Gasteiger partial charge is 0.213 e. The Morgan fingerprint density at radius 3 is 2.50 bits per heavy atom. The quantitative estimate of drug-likeness (QED) is 0.863. The van der Waals surface area contributed by atoms with Crippen LogP contribution in [0.3, 0.4) is 0 Å². The van der Waals surface area contributed by atoms with Gasteiger partial charge in [-0.15, -0.1) is 0 Å². The average molecular weight is 334 g/mol. The van der Waals surface area contributed by atoms with Crippen LogP contribution >= 0.6 is 15.9 Å². The highest BCUT2D eigenvalue weighted by molar-refractivity contribution is 9.10. The molecule has 0 aliphatic carbocycles. The van der Waals surface area contributed by atoms with E-state index < -0.39 is 0 Å². The maximum atomic E-state index is 5.92. The molecule has 0 N–H and O–H groups in total. The Hall–Kier alpha value is -1.62. The van der Waals surface area contributed by atoms with Gasteiger partial charge in [-0.2, -0.15) is 0 Å². The van der Waals surface area contributed by atoms with Crippen LogP contribution in [0.1, 0.15) is 12.8 Å². The molecule has 0 saturated carbocycles. The maximum Gasteiger partial charge on any atom is 0.213 e. The molecule has 0 spiro atoms. The van der Waals surface area contributed by atoms with E-state index in [9.17, 15) is 0 Å². The van der Waals surface area contributed by atoms with Crippen molar-refractivity contribution in [2.24, 2.45) is 0 Å². The van der Waals surface area contributed by atoms with E-state index in [1.54, 1.807) is 6.20 Å². The van der Waals surface area contributed by atoms with Crippen molar-refractivity contribution in [3.63, 3.8) is 0 Å². The second-order valence-electron chi connectivity index (χ2n) is 4.82. The molecule has 1 saturated heterocycles. The first-order chi connectivity index (χ1) is 9.81. The van der Waals surface area contributed by atoms with Crippen molar-refractivity contribution in [2.45, 2.75) is 18.9 Å². The van der Waals surface area contributed by atoms with E-state index in [1.807, 2.05) is 24.5 Å². The third-order valence-electron chi connectivity index (χ3n) is 3.46. The lowest BCUT2D eigenvalue weighted by molar-refractivity contribution is 0.164. The van der Waals surface area contributed by atoms with Gasteiger partial charge in [0.1, 0.15) is 6.10 Å².